The summed E-state index contributed by atoms with van der Waals surface area (Å²) in [5.41, 5.74) is 1.28. The van der Waals surface area contributed by atoms with Gasteiger partial charge in [0.2, 0.25) is 5.82 Å². The third-order valence-electron chi connectivity index (χ3n) is 2.32. The Morgan fingerprint density at radius 2 is 2.06 bits per heavy atom. The maximum Gasteiger partial charge on any atom is 0.342 e. The number of aromatic nitrogens is 5. The number of aliphatic hydroxyl groups is 1. The maximum absolute atomic E-state index is 8.89. The molecular weight excluding hydrogens is 234 g/mol. The average molecular weight is 243 g/mol. The monoisotopic (exact) mass is 243 g/mol. The Hall–Kier alpha value is -2.54. The molecule has 2 heterocycles. The van der Waals surface area contributed by atoms with Crippen LogP contribution in [0.1, 0.15) is 5.69 Å². The number of benzene rings is 1. The topological polar surface area (TPSA) is 89.9 Å². The zero-order chi connectivity index (χ0) is 12.4. The molecule has 18 heavy (non-hydrogen) atoms. The van der Waals surface area contributed by atoms with Crippen molar-refractivity contribution in [1.82, 2.24) is 25.2 Å². The number of aliphatic hydroxyl groups excluding tert-OH is 1. The highest BCUT2D eigenvalue weighted by Crippen LogP contribution is 2.13. The van der Waals surface area contributed by atoms with Gasteiger partial charge in [0.15, 0.2) is 0 Å². The van der Waals surface area contributed by atoms with E-state index in [1.54, 1.807) is 0 Å². The summed E-state index contributed by atoms with van der Waals surface area (Å²) in [5.74, 6) is 0.486. The number of hydrogen-bond acceptors (Lipinski definition) is 6. The average Bonchev–Trinajstić information content (AvgIpc) is 3.08. The van der Waals surface area contributed by atoms with Gasteiger partial charge in [-0.15, -0.1) is 10.2 Å². The summed E-state index contributed by atoms with van der Waals surface area (Å²) >= 11 is 0. The molecule has 0 bridgehead atoms. The van der Waals surface area contributed by atoms with Crippen molar-refractivity contribution < 1.29 is 9.52 Å². The largest absolute Gasteiger partial charge is 0.429 e. The molecule has 3 rings (SSSR count). The molecule has 0 radical (unpaired) electrons. The van der Waals surface area contributed by atoms with Crippen molar-refractivity contribution in [3.8, 4) is 17.4 Å². The summed E-state index contributed by atoms with van der Waals surface area (Å²) in [5, 5.41) is 20.8. The fourth-order valence-electron chi connectivity index (χ4n) is 1.46. The molecule has 0 amide bonds. The Morgan fingerprint density at radius 1 is 1.22 bits per heavy atom. The Balaban J connectivity index is 1.94. The van der Waals surface area contributed by atoms with Crippen molar-refractivity contribution in [1.29, 1.82) is 0 Å². The molecule has 2 aromatic heterocycles. The highest BCUT2D eigenvalue weighted by atomic mass is 16.4. The van der Waals surface area contributed by atoms with Crippen LogP contribution in [0, 0.1) is 0 Å². The van der Waals surface area contributed by atoms with E-state index >= 15 is 0 Å². The summed E-state index contributed by atoms with van der Waals surface area (Å²) < 4.78 is 5.12. The van der Waals surface area contributed by atoms with Gasteiger partial charge in [-0.25, -0.2) is 0 Å². The van der Waals surface area contributed by atoms with Crippen molar-refractivity contribution in [2.45, 2.75) is 6.61 Å². The lowest BCUT2D eigenvalue weighted by molar-refractivity contribution is 0.276. The first kappa shape index (κ1) is 10.6. The van der Waals surface area contributed by atoms with Crippen LogP contribution in [0.5, 0.6) is 0 Å². The molecule has 7 heteroatoms. The van der Waals surface area contributed by atoms with E-state index < -0.39 is 0 Å². The lowest BCUT2D eigenvalue weighted by Gasteiger charge is -1.91. The van der Waals surface area contributed by atoms with Crippen molar-refractivity contribution in [3.05, 3.63) is 42.3 Å². The van der Waals surface area contributed by atoms with Crippen molar-refractivity contribution in [2.24, 2.45) is 0 Å². The van der Waals surface area contributed by atoms with E-state index in [0.717, 1.165) is 5.56 Å². The minimum Gasteiger partial charge on any atom is -0.429 e. The second-order valence-electron chi connectivity index (χ2n) is 3.55. The molecule has 90 valence electrons. The predicted octanol–water partition coefficient (Wildman–Crippen LogP) is 0.810. The van der Waals surface area contributed by atoms with E-state index in [2.05, 4.69) is 20.4 Å². The molecule has 0 saturated carbocycles. The second-order valence-corrected chi connectivity index (χ2v) is 3.55. The van der Waals surface area contributed by atoms with Gasteiger partial charge in [0.1, 0.15) is 12.0 Å². The van der Waals surface area contributed by atoms with Gasteiger partial charge in [0.25, 0.3) is 0 Å². The number of oxazole rings is 1. The van der Waals surface area contributed by atoms with E-state index in [1.807, 2.05) is 30.3 Å². The zero-order valence-corrected chi connectivity index (χ0v) is 9.26. The lowest BCUT2D eigenvalue weighted by Crippen LogP contribution is -1.99. The molecule has 0 aliphatic rings. The summed E-state index contributed by atoms with van der Waals surface area (Å²) in [6, 6.07) is 9.64. The number of rotatable bonds is 3. The van der Waals surface area contributed by atoms with Crippen LogP contribution in [0.25, 0.3) is 17.4 Å². The summed E-state index contributed by atoms with van der Waals surface area (Å²) in [7, 11) is 0. The standard InChI is InChI=1S/C11H9N5O2/c17-6-9-7-18-11(12-9)16-14-10(13-15-16)8-4-2-1-3-5-8/h1-5,7,17H,6H2. The molecule has 7 nitrogen and oxygen atoms in total. The molecule has 0 fully saturated rings. The predicted molar refractivity (Wildman–Crippen MR) is 60.6 cm³/mol. The fourth-order valence-corrected chi connectivity index (χ4v) is 1.46. The highest BCUT2D eigenvalue weighted by Gasteiger charge is 2.11. The first-order valence-corrected chi connectivity index (χ1v) is 5.28. The van der Waals surface area contributed by atoms with E-state index in [4.69, 9.17) is 9.52 Å². The van der Waals surface area contributed by atoms with E-state index in [9.17, 15) is 0 Å². The van der Waals surface area contributed by atoms with Crippen LogP contribution in [0.2, 0.25) is 0 Å². The number of nitrogens with zero attached hydrogens (tertiary/aromatic N) is 5. The Kier molecular flexibility index (Phi) is 2.58. The van der Waals surface area contributed by atoms with Crippen LogP contribution < -0.4 is 0 Å². The second kappa shape index (κ2) is 4.38. The fraction of sp³-hybridized carbons (Fsp3) is 0.0909. The molecule has 0 aliphatic carbocycles. The molecule has 1 aromatic carbocycles. The minimum atomic E-state index is -0.191. The third-order valence-corrected chi connectivity index (χ3v) is 2.32. The Bertz CT molecular complexity index is 646. The van der Waals surface area contributed by atoms with Gasteiger partial charge in [0.05, 0.1) is 6.61 Å². The van der Waals surface area contributed by atoms with Crippen LogP contribution >= 0.6 is 0 Å². The third kappa shape index (κ3) is 1.87. The van der Waals surface area contributed by atoms with Crippen LogP contribution in [0.3, 0.4) is 0 Å². The summed E-state index contributed by atoms with van der Waals surface area (Å²) in [6.45, 7) is -0.191. The number of hydrogen-bond donors (Lipinski definition) is 1. The van der Waals surface area contributed by atoms with Gasteiger partial charge < -0.3 is 9.52 Å². The molecule has 0 unspecified atom stereocenters. The quantitative estimate of drug-likeness (QED) is 0.732. The Labute approximate surface area is 102 Å². The first-order valence-electron chi connectivity index (χ1n) is 5.28. The van der Waals surface area contributed by atoms with Crippen molar-refractivity contribution >= 4 is 0 Å². The maximum atomic E-state index is 8.89. The van der Waals surface area contributed by atoms with Crippen LogP contribution in [-0.2, 0) is 6.61 Å². The molecule has 3 aromatic rings. The van der Waals surface area contributed by atoms with Crippen molar-refractivity contribution in [2.75, 3.05) is 0 Å². The van der Waals surface area contributed by atoms with Crippen LogP contribution in [0.4, 0.5) is 0 Å². The van der Waals surface area contributed by atoms with Gasteiger partial charge in [-0.3, -0.25) is 0 Å². The number of tetrazole rings is 1. The van der Waals surface area contributed by atoms with Crippen molar-refractivity contribution in [3.63, 3.8) is 0 Å². The van der Waals surface area contributed by atoms with E-state index in [1.165, 1.54) is 11.1 Å². The zero-order valence-electron chi connectivity index (χ0n) is 9.26. The van der Waals surface area contributed by atoms with Crippen LogP contribution in [-0.4, -0.2) is 30.3 Å². The van der Waals surface area contributed by atoms with Gasteiger partial charge in [-0.2, -0.15) is 4.98 Å². The van der Waals surface area contributed by atoms with Gasteiger partial charge in [-0.05, 0) is 5.21 Å². The SMILES string of the molecule is OCc1coc(-n2nnc(-c3ccccc3)n2)n1. The summed E-state index contributed by atoms with van der Waals surface area (Å²) in [4.78, 5) is 5.17. The molecular formula is C11H9N5O2. The smallest absolute Gasteiger partial charge is 0.342 e. The van der Waals surface area contributed by atoms with Gasteiger partial charge in [-0.1, -0.05) is 35.1 Å². The van der Waals surface area contributed by atoms with E-state index in [-0.39, 0.29) is 12.6 Å². The molecule has 0 atom stereocenters. The van der Waals surface area contributed by atoms with Gasteiger partial charge in [0, 0.05) is 5.56 Å². The Morgan fingerprint density at radius 3 is 2.78 bits per heavy atom. The normalized spacial score (nSPS) is 10.7. The molecule has 0 saturated heterocycles. The highest BCUT2D eigenvalue weighted by molar-refractivity contribution is 5.53. The molecule has 1 N–H and O–H groups in total. The minimum absolute atomic E-state index is 0.175. The van der Waals surface area contributed by atoms with Crippen LogP contribution in [0.15, 0.2) is 41.0 Å². The molecule has 0 aliphatic heterocycles. The molecule has 0 spiro atoms. The lowest BCUT2D eigenvalue weighted by atomic mass is 10.2. The van der Waals surface area contributed by atoms with Gasteiger partial charge >= 0.3 is 6.01 Å². The summed E-state index contributed by atoms with van der Waals surface area (Å²) in [6.07, 6.45) is 1.35. The first-order chi connectivity index (χ1) is 8.86. The van der Waals surface area contributed by atoms with E-state index in [0.29, 0.717) is 11.5 Å².